The van der Waals surface area contributed by atoms with E-state index in [9.17, 15) is 0 Å². The molecule has 1 aromatic heterocycles. The lowest BCUT2D eigenvalue weighted by Crippen LogP contribution is -1.99. The van der Waals surface area contributed by atoms with Crippen molar-refractivity contribution in [1.82, 2.24) is 4.98 Å². The molecule has 0 radical (unpaired) electrons. The zero-order chi connectivity index (χ0) is 10.4. The lowest BCUT2D eigenvalue weighted by Gasteiger charge is -2.06. The third-order valence-corrected chi connectivity index (χ3v) is 2.91. The van der Waals surface area contributed by atoms with Gasteiger partial charge in [0.15, 0.2) is 0 Å². The molecular weight excluding hydrogens is 192 g/mol. The number of thioether (sulfide) groups is 1. The molecule has 0 saturated heterocycles. The van der Waals surface area contributed by atoms with Crippen molar-refractivity contribution in [1.29, 1.82) is 0 Å². The summed E-state index contributed by atoms with van der Waals surface area (Å²) in [7, 11) is 0. The van der Waals surface area contributed by atoms with Crippen LogP contribution in [0, 0.1) is 0 Å². The fourth-order valence-corrected chi connectivity index (χ4v) is 1.72. The summed E-state index contributed by atoms with van der Waals surface area (Å²) in [5, 5.41) is 0. The Morgan fingerprint density at radius 1 is 1.71 bits per heavy atom. The van der Waals surface area contributed by atoms with Crippen molar-refractivity contribution in [3.63, 3.8) is 0 Å². The maximum atomic E-state index is 5.56. The lowest BCUT2D eigenvalue weighted by atomic mass is 10.3. The van der Waals surface area contributed by atoms with Crippen LogP contribution in [0.25, 0.3) is 4.91 Å². The van der Waals surface area contributed by atoms with E-state index < -0.39 is 0 Å². The van der Waals surface area contributed by atoms with Crippen LogP contribution in [0.3, 0.4) is 0 Å². The van der Waals surface area contributed by atoms with Crippen molar-refractivity contribution in [3.8, 4) is 0 Å². The van der Waals surface area contributed by atoms with Gasteiger partial charge in [-0.25, -0.2) is 0 Å². The van der Waals surface area contributed by atoms with Crippen LogP contribution in [0.2, 0.25) is 0 Å². The number of hydrogen-bond donors (Lipinski definition) is 1. The molecule has 0 unspecified atom stereocenters. The topological polar surface area (TPSA) is 38.9 Å². The number of nitrogens with zero attached hydrogens (tertiary/aromatic N) is 1. The normalized spacial score (nSPS) is 11.4. The molecule has 1 heterocycles. The summed E-state index contributed by atoms with van der Waals surface area (Å²) in [4.78, 5) is 6.15. The van der Waals surface area contributed by atoms with Crippen molar-refractivity contribution < 1.29 is 0 Å². The predicted molar refractivity (Wildman–Crippen MR) is 63.7 cm³/mol. The van der Waals surface area contributed by atoms with Crippen LogP contribution < -0.4 is 5.73 Å². The lowest BCUT2D eigenvalue weighted by molar-refractivity contribution is 1.23. The van der Waals surface area contributed by atoms with Gasteiger partial charge in [0.1, 0.15) is 0 Å². The maximum Gasteiger partial charge on any atom is 0.0351 e. The van der Waals surface area contributed by atoms with Gasteiger partial charge in [-0.15, -0.1) is 0 Å². The van der Waals surface area contributed by atoms with Gasteiger partial charge in [-0.05, 0) is 17.9 Å². The molecule has 3 heteroatoms. The van der Waals surface area contributed by atoms with Gasteiger partial charge in [-0.2, -0.15) is 0 Å². The minimum Gasteiger partial charge on any atom is -0.326 e. The second-order valence-corrected chi connectivity index (χ2v) is 3.95. The van der Waals surface area contributed by atoms with Crippen molar-refractivity contribution >= 4 is 16.7 Å². The van der Waals surface area contributed by atoms with E-state index in [-0.39, 0.29) is 0 Å². The Hall–Kier alpha value is -1.06. The van der Waals surface area contributed by atoms with E-state index >= 15 is 0 Å². The molecule has 0 aliphatic carbocycles. The first-order valence-electron chi connectivity index (χ1n) is 4.40. The number of pyridine rings is 1. The van der Waals surface area contributed by atoms with Crippen LogP contribution in [0.15, 0.2) is 42.1 Å². The minimum atomic E-state index is 0.556. The number of nitrogens with two attached hydrogens (primary N) is 1. The van der Waals surface area contributed by atoms with E-state index in [1.807, 2.05) is 25.1 Å². The van der Waals surface area contributed by atoms with Gasteiger partial charge in [0, 0.05) is 29.4 Å². The molecule has 0 bridgehead atoms. The van der Waals surface area contributed by atoms with Gasteiger partial charge in [0.2, 0.25) is 0 Å². The van der Waals surface area contributed by atoms with Crippen LogP contribution in [0.5, 0.6) is 0 Å². The maximum absolute atomic E-state index is 5.56. The summed E-state index contributed by atoms with van der Waals surface area (Å²) < 4.78 is 0. The summed E-state index contributed by atoms with van der Waals surface area (Å²) >= 11 is 1.60. The second-order valence-electron chi connectivity index (χ2n) is 2.73. The number of allylic oxidation sites excluding steroid dienone is 1. The molecular formula is C11H14N2S. The molecule has 14 heavy (non-hydrogen) atoms. The highest BCUT2D eigenvalue weighted by atomic mass is 32.2. The molecule has 0 atom stereocenters. The van der Waals surface area contributed by atoms with Gasteiger partial charge in [-0.3, -0.25) is 4.98 Å². The van der Waals surface area contributed by atoms with Crippen molar-refractivity contribution in [3.05, 3.63) is 47.6 Å². The largest absolute Gasteiger partial charge is 0.326 e. The second kappa shape index (κ2) is 5.62. The van der Waals surface area contributed by atoms with Crippen molar-refractivity contribution in [2.75, 3.05) is 6.54 Å². The molecule has 0 aromatic carbocycles. The van der Waals surface area contributed by atoms with Gasteiger partial charge >= 0.3 is 0 Å². The van der Waals surface area contributed by atoms with E-state index in [2.05, 4.69) is 11.6 Å². The molecule has 0 aliphatic heterocycles. The van der Waals surface area contributed by atoms with Crippen LogP contribution in [0.1, 0.15) is 12.5 Å². The Balaban J connectivity index is 2.68. The van der Waals surface area contributed by atoms with Crippen molar-refractivity contribution in [2.45, 2.75) is 6.92 Å². The number of rotatable bonds is 4. The highest BCUT2D eigenvalue weighted by molar-refractivity contribution is 8.11. The first kappa shape index (κ1) is 11.0. The zero-order valence-electron chi connectivity index (χ0n) is 8.23. The van der Waals surface area contributed by atoms with Gasteiger partial charge < -0.3 is 5.73 Å². The molecule has 0 fully saturated rings. The van der Waals surface area contributed by atoms with E-state index in [4.69, 9.17) is 5.73 Å². The van der Waals surface area contributed by atoms with Crippen LogP contribution in [0.4, 0.5) is 0 Å². The van der Waals surface area contributed by atoms with E-state index in [1.165, 1.54) is 0 Å². The van der Waals surface area contributed by atoms with Gasteiger partial charge in [0.25, 0.3) is 0 Å². The molecule has 2 N–H and O–H groups in total. The molecule has 0 aliphatic rings. The predicted octanol–water partition coefficient (Wildman–Crippen LogP) is 2.65. The smallest absolute Gasteiger partial charge is 0.0351 e. The quantitative estimate of drug-likeness (QED) is 0.823. The van der Waals surface area contributed by atoms with E-state index in [0.717, 1.165) is 15.4 Å². The van der Waals surface area contributed by atoms with E-state index in [0.29, 0.717) is 6.54 Å². The Labute approximate surface area is 88.9 Å². The molecule has 74 valence electrons. The van der Waals surface area contributed by atoms with Crippen LogP contribution in [-0.4, -0.2) is 11.5 Å². The molecule has 0 spiro atoms. The van der Waals surface area contributed by atoms with Crippen molar-refractivity contribution in [2.24, 2.45) is 5.73 Å². The molecule has 1 aromatic rings. The summed E-state index contributed by atoms with van der Waals surface area (Å²) in [6.07, 6.45) is 5.56. The Morgan fingerprint density at radius 3 is 3.00 bits per heavy atom. The Kier molecular flexibility index (Phi) is 4.43. The summed E-state index contributed by atoms with van der Waals surface area (Å²) in [5.74, 6) is 0. The SMILES string of the molecule is C=C(S/C(=C\C)CN)c1cccnc1. The monoisotopic (exact) mass is 206 g/mol. The zero-order valence-corrected chi connectivity index (χ0v) is 9.05. The highest BCUT2D eigenvalue weighted by Gasteiger charge is 2.01. The molecule has 1 rings (SSSR count). The Morgan fingerprint density at radius 2 is 2.50 bits per heavy atom. The van der Waals surface area contributed by atoms with Gasteiger partial charge in [-0.1, -0.05) is 30.5 Å². The first-order chi connectivity index (χ1) is 6.77. The van der Waals surface area contributed by atoms with Gasteiger partial charge in [0.05, 0.1) is 0 Å². The fraction of sp³-hybridized carbons (Fsp3) is 0.182. The summed E-state index contributed by atoms with van der Waals surface area (Å²) in [5.41, 5.74) is 6.61. The Bertz CT molecular complexity index is 330. The van der Waals surface area contributed by atoms with Crippen LogP contribution >= 0.6 is 11.8 Å². The van der Waals surface area contributed by atoms with E-state index in [1.54, 1.807) is 24.2 Å². The fourth-order valence-electron chi connectivity index (χ4n) is 0.963. The highest BCUT2D eigenvalue weighted by Crippen LogP contribution is 2.30. The third-order valence-electron chi connectivity index (χ3n) is 1.76. The minimum absolute atomic E-state index is 0.556. The molecule has 2 nitrogen and oxygen atoms in total. The molecule has 0 saturated carbocycles. The van der Waals surface area contributed by atoms with Crippen LogP contribution in [-0.2, 0) is 0 Å². The standard InChI is InChI=1S/C11H14N2S/c1-3-11(7-12)14-9(2)10-5-4-6-13-8-10/h3-6,8H,2,7,12H2,1H3/b11-3-. The summed E-state index contributed by atoms with van der Waals surface area (Å²) in [6, 6.07) is 3.89. The molecule has 0 amide bonds. The average molecular weight is 206 g/mol. The number of hydrogen-bond acceptors (Lipinski definition) is 3. The first-order valence-corrected chi connectivity index (χ1v) is 5.22. The number of aromatic nitrogens is 1. The third kappa shape index (κ3) is 3.01. The average Bonchev–Trinajstić information content (AvgIpc) is 2.26. The summed E-state index contributed by atoms with van der Waals surface area (Å²) in [6.45, 7) is 6.52.